The highest BCUT2D eigenvalue weighted by Gasteiger charge is 2.11. The summed E-state index contributed by atoms with van der Waals surface area (Å²) >= 11 is 2.68. The maximum absolute atomic E-state index is 12.2. The molecule has 0 aliphatic carbocycles. The van der Waals surface area contributed by atoms with E-state index in [0.29, 0.717) is 16.7 Å². The number of ether oxygens (including phenoxy) is 1. The minimum absolute atomic E-state index is 0.143. The third kappa shape index (κ3) is 5.25. The number of anilines is 1. The Morgan fingerprint density at radius 1 is 1.13 bits per heavy atom. The Morgan fingerprint density at radius 3 is 2.70 bits per heavy atom. The summed E-state index contributed by atoms with van der Waals surface area (Å²) < 4.78 is 5.16. The van der Waals surface area contributed by atoms with Crippen molar-refractivity contribution in [2.75, 3.05) is 18.2 Å². The van der Waals surface area contributed by atoms with Crippen molar-refractivity contribution in [1.82, 2.24) is 20.2 Å². The molecule has 0 aliphatic rings. The number of thiazole rings is 1. The maximum Gasteiger partial charge on any atom is 0.236 e. The monoisotopic (exact) mass is 437 g/mol. The molecule has 2 heterocycles. The van der Waals surface area contributed by atoms with Crippen LogP contribution in [-0.4, -0.2) is 38.9 Å². The van der Waals surface area contributed by atoms with Crippen molar-refractivity contribution < 1.29 is 9.53 Å². The van der Waals surface area contributed by atoms with Crippen LogP contribution in [0, 0.1) is 0 Å². The van der Waals surface area contributed by atoms with E-state index in [1.165, 1.54) is 23.1 Å². The van der Waals surface area contributed by atoms with Crippen LogP contribution in [0.25, 0.3) is 11.3 Å². The molecule has 0 unspecified atom stereocenters. The molecule has 1 amide bonds. The lowest BCUT2D eigenvalue weighted by Crippen LogP contribution is -2.13. The molecule has 0 radical (unpaired) electrons. The Kier molecular flexibility index (Phi) is 6.41. The lowest BCUT2D eigenvalue weighted by molar-refractivity contribution is -0.113. The molecule has 152 valence electrons. The minimum Gasteiger partial charge on any atom is -0.497 e. The number of hydrogen-bond acceptors (Lipinski definition) is 7. The number of thioether (sulfide) groups is 1. The predicted molar refractivity (Wildman–Crippen MR) is 119 cm³/mol. The topological polar surface area (TPSA) is 92.8 Å². The quantitative estimate of drug-likeness (QED) is 0.400. The van der Waals surface area contributed by atoms with Gasteiger partial charge in [0.25, 0.3) is 0 Å². The normalized spacial score (nSPS) is 10.7. The molecule has 30 heavy (non-hydrogen) atoms. The second-order valence-corrected chi connectivity index (χ2v) is 8.13. The van der Waals surface area contributed by atoms with Crippen molar-refractivity contribution in [3.05, 3.63) is 71.4 Å². The zero-order valence-electron chi connectivity index (χ0n) is 16.2. The molecule has 2 aromatic heterocycles. The van der Waals surface area contributed by atoms with Gasteiger partial charge < -0.3 is 10.1 Å². The Bertz CT molecular complexity index is 1110. The number of rotatable bonds is 8. The van der Waals surface area contributed by atoms with E-state index in [9.17, 15) is 4.79 Å². The molecule has 0 fully saturated rings. The molecular weight excluding hydrogens is 418 g/mol. The fraction of sp³-hybridized carbons (Fsp3) is 0.143. The number of aromatic nitrogens is 4. The molecule has 0 atom stereocenters. The first-order valence-electron chi connectivity index (χ1n) is 9.17. The van der Waals surface area contributed by atoms with Gasteiger partial charge in [0.05, 0.1) is 18.6 Å². The van der Waals surface area contributed by atoms with E-state index >= 15 is 0 Å². The molecular formula is C21H19N5O2S2. The number of carbonyl (C=O) groups is 1. The van der Waals surface area contributed by atoms with Gasteiger partial charge in [-0.1, -0.05) is 54.2 Å². The Balaban J connectivity index is 1.27. The molecule has 0 aliphatic heterocycles. The first-order chi connectivity index (χ1) is 14.7. The van der Waals surface area contributed by atoms with Crippen LogP contribution in [0.1, 0.15) is 11.4 Å². The van der Waals surface area contributed by atoms with E-state index in [2.05, 4.69) is 25.5 Å². The van der Waals surface area contributed by atoms with Gasteiger partial charge in [-0.25, -0.2) is 9.97 Å². The van der Waals surface area contributed by atoms with Gasteiger partial charge in [0.15, 0.2) is 5.13 Å². The molecule has 0 saturated carbocycles. The van der Waals surface area contributed by atoms with Crippen LogP contribution >= 0.6 is 23.1 Å². The number of H-pyrrole nitrogens is 1. The number of aromatic amines is 1. The highest BCUT2D eigenvalue weighted by molar-refractivity contribution is 7.99. The van der Waals surface area contributed by atoms with Crippen LogP contribution in [0.15, 0.2) is 65.1 Å². The van der Waals surface area contributed by atoms with Crippen molar-refractivity contribution in [3.8, 4) is 17.0 Å². The maximum atomic E-state index is 12.2. The van der Waals surface area contributed by atoms with E-state index in [1.807, 2.05) is 60.0 Å². The Morgan fingerprint density at radius 2 is 1.93 bits per heavy atom. The Hall–Kier alpha value is -3.17. The zero-order valence-corrected chi connectivity index (χ0v) is 17.8. The van der Waals surface area contributed by atoms with Gasteiger partial charge in [-0.2, -0.15) is 0 Å². The molecule has 4 rings (SSSR count). The number of nitrogens with one attached hydrogen (secondary N) is 2. The summed E-state index contributed by atoms with van der Waals surface area (Å²) in [5.74, 6) is 1.63. The SMILES string of the molecule is COc1ccc(Cc2nc(SCC(=O)Nc3nc(-c4ccccc4)cs3)n[nH]2)cc1. The summed E-state index contributed by atoms with van der Waals surface area (Å²) in [6, 6.07) is 17.7. The summed E-state index contributed by atoms with van der Waals surface area (Å²) in [5, 5.41) is 13.0. The van der Waals surface area contributed by atoms with Gasteiger partial charge in [0.2, 0.25) is 11.1 Å². The average molecular weight is 438 g/mol. The largest absolute Gasteiger partial charge is 0.497 e. The van der Waals surface area contributed by atoms with Gasteiger partial charge in [-0.3, -0.25) is 9.89 Å². The number of benzene rings is 2. The van der Waals surface area contributed by atoms with Crippen molar-refractivity contribution in [3.63, 3.8) is 0 Å². The van der Waals surface area contributed by atoms with E-state index in [0.717, 1.165) is 28.4 Å². The fourth-order valence-electron chi connectivity index (χ4n) is 2.72. The second kappa shape index (κ2) is 9.55. The number of amides is 1. The molecule has 2 N–H and O–H groups in total. The van der Waals surface area contributed by atoms with Gasteiger partial charge in [0, 0.05) is 17.4 Å². The molecule has 0 spiro atoms. The lowest BCUT2D eigenvalue weighted by atomic mass is 10.1. The van der Waals surface area contributed by atoms with E-state index in [-0.39, 0.29) is 11.7 Å². The van der Waals surface area contributed by atoms with E-state index in [1.54, 1.807) is 7.11 Å². The van der Waals surface area contributed by atoms with Crippen LogP contribution in [-0.2, 0) is 11.2 Å². The van der Waals surface area contributed by atoms with Gasteiger partial charge >= 0.3 is 0 Å². The lowest BCUT2D eigenvalue weighted by Gasteiger charge is -2.01. The second-order valence-electron chi connectivity index (χ2n) is 6.33. The molecule has 0 bridgehead atoms. The van der Waals surface area contributed by atoms with Crippen LogP contribution in [0.2, 0.25) is 0 Å². The predicted octanol–water partition coefficient (Wildman–Crippen LogP) is 4.26. The van der Waals surface area contributed by atoms with Gasteiger partial charge in [0.1, 0.15) is 11.6 Å². The van der Waals surface area contributed by atoms with Crippen LogP contribution in [0.4, 0.5) is 5.13 Å². The summed E-state index contributed by atoms with van der Waals surface area (Å²) in [5.41, 5.74) is 2.97. The summed E-state index contributed by atoms with van der Waals surface area (Å²) in [4.78, 5) is 21.2. The first kappa shape index (κ1) is 20.1. The smallest absolute Gasteiger partial charge is 0.236 e. The molecule has 7 nitrogen and oxygen atoms in total. The highest BCUT2D eigenvalue weighted by atomic mass is 32.2. The number of methoxy groups -OCH3 is 1. The first-order valence-corrected chi connectivity index (χ1v) is 11.0. The van der Waals surface area contributed by atoms with Crippen molar-refractivity contribution in [2.24, 2.45) is 0 Å². The van der Waals surface area contributed by atoms with Crippen LogP contribution in [0.5, 0.6) is 5.75 Å². The molecule has 2 aromatic carbocycles. The van der Waals surface area contributed by atoms with Crippen molar-refractivity contribution >= 4 is 34.1 Å². The summed E-state index contributed by atoms with van der Waals surface area (Å²) in [7, 11) is 1.64. The standard InChI is InChI=1S/C21H19N5O2S2/c1-28-16-9-7-14(8-10-16)11-18-23-21(26-25-18)30-13-19(27)24-20-22-17(12-29-20)15-5-3-2-4-6-15/h2-10,12H,11,13H2,1H3,(H,22,24,27)(H,23,25,26). The number of nitrogens with zero attached hydrogens (tertiary/aromatic N) is 3. The highest BCUT2D eigenvalue weighted by Crippen LogP contribution is 2.25. The van der Waals surface area contributed by atoms with Crippen LogP contribution in [0.3, 0.4) is 0 Å². The summed E-state index contributed by atoms with van der Waals surface area (Å²) in [6.07, 6.45) is 0.630. The average Bonchev–Trinajstić information content (AvgIpc) is 3.43. The number of carbonyl (C=O) groups excluding carboxylic acids is 1. The molecule has 9 heteroatoms. The van der Waals surface area contributed by atoms with Gasteiger partial charge in [-0.05, 0) is 17.7 Å². The van der Waals surface area contributed by atoms with Gasteiger partial charge in [-0.15, -0.1) is 16.4 Å². The molecule has 4 aromatic rings. The summed E-state index contributed by atoms with van der Waals surface area (Å²) in [6.45, 7) is 0. The Labute approximate surface area is 181 Å². The fourth-order valence-corrected chi connectivity index (χ4v) is 4.07. The van der Waals surface area contributed by atoms with Crippen molar-refractivity contribution in [1.29, 1.82) is 0 Å². The zero-order chi connectivity index (χ0) is 20.8. The van der Waals surface area contributed by atoms with E-state index < -0.39 is 0 Å². The van der Waals surface area contributed by atoms with E-state index in [4.69, 9.17) is 4.74 Å². The third-order valence-corrected chi connectivity index (χ3v) is 5.80. The molecule has 0 saturated heterocycles. The number of hydrogen-bond donors (Lipinski definition) is 2. The van der Waals surface area contributed by atoms with Crippen molar-refractivity contribution in [2.45, 2.75) is 11.6 Å². The van der Waals surface area contributed by atoms with Crippen LogP contribution < -0.4 is 10.1 Å². The third-order valence-electron chi connectivity index (χ3n) is 4.19. The minimum atomic E-state index is -0.143.